The largest absolute Gasteiger partial charge is 0.477 e. The van der Waals surface area contributed by atoms with E-state index in [2.05, 4.69) is 10.3 Å². The Kier molecular flexibility index (Phi) is 5.77. The first kappa shape index (κ1) is 16.5. The lowest BCUT2D eigenvalue weighted by Gasteiger charge is -2.17. The third-order valence-electron chi connectivity index (χ3n) is 2.71. The molecule has 1 rings (SSSR count). The van der Waals surface area contributed by atoms with Crippen LogP contribution in [0.15, 0.2) is 6.07 Å². The molecule has 0 aromatic carbocycles. The van der Waals surface area contributed by atoms with Gasteiger partial charge in [0.05, 0.1) is 18.7 Å². The molecule has 1 aromatic heterocycles. The second kappa shape index (κ2) is 7.32. The number of nitrogens with one attached hydrogen (secondary N) is 2. The molecule has 0 spiro atoms. The van der Waals surface area contributed by atoms with E-state index in [1.807, 2.05) is 0 Å². The van der Waals surface area contributed by atoms with Crippen LogP contribution < -0.4 is 5.32 Å². The highest BCUT2D eigenvalue weighted by Gasteiger charge is 2.17. The van der Waals surface area contributed by atoms with Gasteiger partial charge in [-0.25, -0.2) is 9.59 Å². The average molecular weight is 297 g/mol. The van der Waals surface area contributed by atoms with Gasteiger partial charge < -0.3 is 25.0 Å². The maximum atomic E-state index is 11.9. The zero-order valence-electron chi connectivity index (χ0n) is 12.2. The second-order valence-corrected chi connectivity index (χ2v) is 4.45. The van der Waals surface area contributed by atoms with Gasteiger partial charge in [-0.1, -0.05) is 0 Å². The van der Waals surface area contributed by atoms with Gasteiger partial charge in [-0.05, 0) is 19.9 Å². The SMILES string of the molecule is CCOC(=O)CCN(C)C(=O)Nc1cc(C)[nH]c1C(=O)O. The van der Waals surface area contributed by atoms with Crippen LogP contribution >= 0.6 is 0 Å². The van der Waals surface area contributed by atoms with E-state index in [0.717, 1.165) is 0 Å². The number of carbonyl (C=O) groups is 3. The predicted octanol–water partition coefficient (Wildman–Crippen LogP) is 1.44. The summed E-state index contributed by atoms with van der Waals surface area (Å²) in [7, 11) is 1.51. The van der Waals surface area contributed by atoms with Gasteiger partial charge in [0, 0.05) is 19.3 Å². The summed E-state index contributed by atoms with van der Waals surface area (Å²) in [6.45, 7) is 3.86. The second-order valence-electron chi connectivity index (χ2n) is 4.45. The van der Waals surface area contributed by atoms with Crippen molar-refractivity contribution in [2.45, 2.75) is 20.3 Å². The molecular formula is C13H19N3O5. The van der Waals surface area contributed by atoms with Gasteiger partial charge in [-0.3, -0.25) is 4.79 Å². The molecule has 0 aliphatic carbocycles. The molecule has 0 aliphatic rings. The molecule has 0 fully saturated rings. The predicted molar refractivity (Wildman–Crippen MR) is 75.4 cm³/mol. The van der Waals surface area contributed by atoms with Crippen LogP contribution in [0.25, 0.3) is 0 Å². The van der Waals surface area contributed by atoms with Crippen LogP contribution in [-0.4, -0.2) is 53.2 Å². The van der Waals surface area contributed by atoms with Crippen LogP contribution in [0.2, 0.25) is 0 Å². The average Bonchev–Trinajstić information content (AvgIpc) is 2.77. The summed E-state index contributed by atoms with van der Waals surface area (Å²) in [5, 5.41) is 11.5. The van der Waals surface area contributed by atoms with E-state index in [-0.39, 0.29) is 30.3 Å². The number of carboxylic acid groups (broad SMARTS) is 1. The fourth-order valence-corrected chi connectivity index (χ4v) is 1.66. The number of nitrogens with zero attached hydrogens (tertiary/aromatic N) is 1. The molecule has 1 heterocycles. The van der Waals surface area contributed by atoms with Crippen LogP contribution in [0.1, 0.15) is 29.5 Å². The van der Waals surface area contributed by atoms with Gasteiger partial charge in [0.15, 0.2) is 0 Å². The summed E-state index contributed by atoms with van der Waals surface area (Å²) >= 11 is 0. The maximum Gasteiger partial charge on any atom is 0.354 e. The van der Waals surface area contributed by atoms with Crippen molar-refractivity contribution in [1.29, 1.82) is 0 Å². The molecule has 0 saturated carbocycles. The molecule has 0 unspecified atom stereocenters. The van der Waals surface area contributed by atoms with Crippen LogP contribution in [0.3, 0.4) is 0 Å². The van der Waals surface area contributed by atoms with E-state index in [0.29, 0.717) is 12.3 Å². The first-order chi connectivity index (χ1) is 9.85. The Labute approximate surface area is 122 Å². The number of aromatic carboxylic acids is 1. The van der Waals surface area contributed by atoms with Crippen molar-refractivity contribution < 1.29 is 24.2 Å². The summed E-state index contributed by atoms with van der Waals surface area (Å²) < 4.78 is 4.76. The number of aryl methyl sites for hydroxylation is 1. The molecule has 0 aliphatic heterocycles. The van der Waals surface area contributed by atoms with Crippen LogP contribution in [0.4, 0.5) is 10.5 Å². The summed E-state index contributed by atoms with van der Waals surface area (Å²) in [4.78, 5) is 38.1. The number of aromatic nitrogens is 1. The van der Waals surface area contributed by atoms with E-state index < -0.39 is 12.0 Å². The monoisotopic (exact) mass is 297 g/mol. The molecule has 116 valence electrons. The van der Waals surface area contributed by atoms with Gasteiger partial charge in [-0.15, -0.1) is 0 Å². The van der Waals surface area contributed by atoms with Crippen molar-refractivity contribution >= 4 is 23.7 Å². The Morgan fingerprint density at radius 3 is 2.67 bits per heavy atom. The standard InChI is InChI=1S/C13H19N3O5/c1-4-21-10(17)5-6-16(3)13(20)15-9-7-8(2)14-11(9)12(18)19/h7,14H,4-6H2,1-3H3,(H,15,20)(H,18,19). The van der Waals surface area contributed by atoms with Crippen LogP contribution in [-0.2, 0) is 9.53 Å². The summed E-state index contributed by atoms with van der Waals surface area (Å²) in [6.07, 6.45) is 0.0791. The molecule has 8 nitrogen and oxygen atoms in total. The number of rotatable bonds is 6. The van der Waals surface area contributed by atoms with Crippen molar-refractivity contribution in [1.82, 2.24) is 9.88 Å². The van der Waals surface area contributed by atoms with E-state index in [1.54, 1.807) is 13.8 Å². The summed E-state index contributed by atoms with van der Waals surface area (Å²) in [6, 6.07) is 1.03. The Morgan fingerprint density at radius 1 is 1.43 bits per heavy atom. The lowest BCUT2D eigenvalue weighted by Crippen LogP contribution is -2.33. The molecule has 0 bridgehead atoms. The van der Waals surface area contributed by atoms with Gasteiger partial charge in [0.25, 0.3) is 0 Å². The van der Waals surface area contributed by atoms with E-state index in [1.165, 1.54) is 18.0 Å². The highest BCUT2D eigenvalue weighted by Crippen LogP contribution is 2.17. The quantitative estimate of drug-likeness (QED) is 0.688. The van der Waals surface area contributed by atoms with E-state index in [4.69, 9.17) is 9.84 Å². The van der Waals surface area contributed by atoms with Crippen molar-refractivity contribution in [3.05, 3.63) is 17.5 Å². The number of carbonyl (C=O) groups excluding carboxylic acids is 2. The van der Waals surface area contributed by atoms with Gasteiger partial charge in [-0.2, -0.15) is 0 Å². The normalized spacial score (nSPS) is 10.0. The highest BCUT2D eigenvalue weighted by molar-refractivity contribution is 5.99. The molecule has 2 amide bonds. The molecule has 0 radical (unpaired) electrons. The van der Waals surface area contributed by atoms with Crippen molar-refractivity contribution in [3.8, 4) is 0 Å². The fourth-order valence-electron chi connectivity index (χ4n) is 1.66. The molecule has 1 aromatic rings. The van der Waals surface area contributed by atoms with Crippen LogP contribution in [0.5, 0.6) is 0 Å². The zero-order chi connectivity index (χ0) is 16.0. The van der Waals surface area contributed by atoms with Crippen LogP contribution in [0, 0.1) is 6.92 Å². The number of hydrogen-bond donors (Lipinski definition) is 3. The van der Waals surface area contributed by atoms with E-state index in [9.17, 15) is 14.4 Å². The minimum atomic E-state index is -1.16. The number of H-pyrrole nitrogens is 1. The van der Waals surface area contributed by atoms with Crippen molar-refractivity contribution in [3.63, 3.8) is 0 Å². The first-order valence-corrected chi connectivity index (χ1v) is 6.45. The molecule has 0 atom stereocenters. The number of anilines is 1. The number of esters is 1. The molecule has 8 heteroatoms. The number of urea groups is 1. The summed E-state index contributed by atoms with van der Waals surface area (Å²) in [5.41, 5.74) is 0.726. The lowest BCUT2D eigenvalue weighted by molar-refractivity contribution is -0.143. The third kappa shape index (κ3) is 4.83. The van der Waals surface area contributed by atoms with E-state index >= 15 is 0 Å². The summed E-state index contributed by atoms with van der Waals surface area (Å²) in [5.74, 6) is -1.55. The Balaban J connectivity index is 2.60. The Hall–Kier alpha value is -2.51. The fraction of sp³-hybridized carbons (Fsp3) is 0.462. The smallest absolute Gasteiger partial charge is 0.354 e. The molecule has 0 saturated heterocycles. The molecule has 21 heavy (non-hydrogen) atoms. The maximum absolute atomic E-state index is 11.9. The molecular weight excluding hydrogens is 278 g/mol. The number of hydrogen-bond acceptors (Lipinski definition) is 4. The number of amides is 2. The minimum absolute atomic E-state index is 0.0791. The first-order valence-electron chi connectivity index (χ1n) is 6.45. The highest BCUT2D eigenvalue weighted by atomic mass is 16.5. The third-order valence-corrected chi connectivity index (χ3v) is 2.71. The van der Waals surface area contributed by atoms with Gasteiger partial charge in [0.1, 0.15) is 5.69 Å². The Bertz CT molecular complexity index is 538. The topological polar surface area (TPSA) is 112 Å². The van der Waals surface area contributed by atoms with Crippen molar-refractivity contribution in [2.24, 2.45) is 0 Å². The Morgan fingerprint density at radius 2 is 2.10 bits per heavy atom. The van der Waals surface area contributed by atoms with Gasteiger partial charge in [0.2, 0.25) is 0 Å². The lowest BCUT2D eigenvalue weighted by atomic mass is 10.3. The number of carboxylic acids is 1. The number of ether oxygens (including phenoxy) is 1. The van der Waals surface area contributed by atoms with Gasteiger partial charge >= 0.3 is 18.0 Å². The van der Waals surface area contributed by atoms with Crippen molar-refractivity contribution in [2.75, 3.05) is 25.5 Å². The minimum Gasteiger partial charge on any atom is -0.477 e. The molecule has 3 N–H and O–H groups in total. The number of aromatic amines is 1. The zero-order valence-corrected chi connectivity index (χ0v) is 12.2.